The van der Waals surface area contributed by atoms with E-state index in [9.17, 15) is 10.1 Å². The molecule has 5 nitrogen and oxygen atoms in total. The average Bonchev–Trinajstić information content (AvgIpc) is 2.63. The summed E-state index contributed by atoms with van der Waals surface area (Å²) in [7, 11) is 1.60. The molecule has 0 aliphatic rings. The zero-order valence-electron chi connectivity index (χ0n) is 14.4. The molecule has 0 bridgehead atoms. The van der Waals surface area contributed by atoms with Gasteiger partial charge in [-0.2, -0.15) is 5.26 Å². The maximum absolute atomic E-state index is 12.7. The Bertz CT molecular complexity index is 814. The second kappa shape index (κ2) is 7.33. The van der Waals surface area contributed by atoms with E-state index in [2.05, 4.69) is 0 Å². The van der Waals surface area contributed by atoms with Crippen molar-refractivity contribution in [1.82, 2.24) is 4.57 Å². The highest BCUT2D eigenvalue weighted by Gasteiger charge is 2.24. The zero-order chi connectivity index (χ0) is 17.7. The number of ether oxygens (including phenoxy) is 1. The fourth-order valence-electron chi connectivity index (χ4n) is 2.64. The molecule has 2 N–H and O–H groups in total. The first kappa shape index (κ1) is 17.8. The van der Waals surface area contributed by atoms with Gasteiger partial charge in [0.2, 0.25) is 0 Å². The molecule has 24 heavy (non-hydrogen) atoms. The number of nitrogens with two attached hydrogens (primary N) is 1. The van der Waals surface area contributed by atoms with Crippen LogP contribution in [-0.2, 0) is 6.54 Å². The van der Waals surface area contributed by atoms with Crippen LogP contribution in [0.15, 0.2) is 41.2 Å². The molecule has 0 unspecified atom stereocenters. The Kier molecular flexibility index (Phi) is 5.42. The van der Waals surface area contributed by atoms with E-state index in [0.717, 1.165) is 24.1 Å². The van der Waals surface area contributed by atoms with Gasteiger partial charge in [-0.1, -0.05) is 26.0 Å². The van der Waals surface area contributed by atoms with Gasteiger partial charge in [0.05, 0.1) is 12.8 Å². The van der Waals surface area contributed by atoms with Gasteiger partial charge in [0.25, 0.3) is 5.56 Å². The minimum Gasteiger partial charge on any atom is -0.497 e. The molecule has 0 atom stereocenters. The lowest BCUT2D eigenvalue weighted by atomic mass is 9.93. The second-order valence-electron chi connectivity index (χ2n) is 5.94. The van der Waals surface area contributed by atoms with Gasteiger partial charge >= 0.3 is 0 Å². The number of hydrogen-bond donors (Lipinski definition) is 1. The molecule has 2 aromatic rings. The number of benzene rings is 1. The quantitative estimate of drug-likeness (QED) is 0.885. The highest BCUT2D eigenvalue weighted by atomic mass is 16.5. The Hall–Kier alpha value is -2.58. The van der Waals surface area contributed by atoms with Crippen LogP contribution < -0.4 is 16.0 Å². The Morgan fingerprint density at radius 2 is 1.96 bits per heavy atom. The van der Waals surface area contributed by atoms with Crippen molar-refractivity contribution in [3.8, 4) is 23.1 Å². The third kappa shape index (κ3) is 3.50. The average molecular weight is 325 g/mol. The van der Waals surface area contributed by atoms with E-state index in [-0.39, 0.29) is 11.1 Å². The van der Waals surface area contributed by atoms with Crippen LogP contribution in [-0.4, -0.2) is 17.2 Å². The highest BCUT2D eigenvalue weighted by Crippen LogP contribution is 2.25. The van der Waals surface area contributed by atoms with E-state index in [0.29, 0.717) is 12.3 Å². The summed E-state index contributed by atoms with van der Waals surface area (Å²) < 4.78 is 6.88. The van der Waals surface area contributed by atoms with Crippen LogP contribution in [0.5, 0.6) is 5.75 Å². The monoisotopic (exact) mass is 325 g/mol. The van der Waals surface area contributed by atoms with Crippen LogP contribution in [0.4, 0.5) is 0 Å². The van der Waals surface area contributed by atoms with Crippen LogP contribution in [0.2, 0.25) is 0 Å². The number of nitriles is 1. The third-order valence-electron chi connectivity index (χ3n) is 4.54. The van der Waals surface area contributed by atoms with Crippen LogP contribution in [0.25, 0.3) is 11.3 Å². The van der Waals surface area contributed by atoms with Gasteiger partial charge < -0.3 is 15.0 Å². The Balaban J connectivity index is 2.66. The number of hydrogen-bond acceptors (Lipinski definition) is 4. The van der Waals surface area contributed by atoms with Gasteiger partial charge in [0, 0.05) is 17.6 Å². The molecule has 126 valence electrons. The van der Waals surface area contributed by atoms with Gasteiger partial charge in [0.1, 0.15) is 17.4 Å². The largest absolute Gasteiger partial charge is 0.497 e. The van der Waals surface area contributed by atoms with Crippen molar-refractivity contribution >= 4 is 0 Å². The van der Waals surface area contributed by atoms with Crippen molar-refractivity contribution in [3.05, 3.63) is 52.3 Å². The molecule has 0 radical (unpaired) electrons. The van der Waals surface area contributed by atoms with Crippen LogP contribution in [0, 0.1) is 11.3 Å². The summed E-state index contributed by atoms with van der Waals surface area (Å²) in [4.78, 5) is 12.7. The fraction of sp³-hybridized carbons (Fsp3) is 0.368. The topological polar surface area (TPSA) is 81.0 Å². The molecule has 0 fully saturated rings. The first-order valence-corrected chi connectivity index (χ1v) is 8.05. The van der Waals surface area contributed by atoms with E-state index in [1.54, 1.807) is 23.8 Å². The molecule has 1 aromatic heterocycles. The van der Waals surface area contributed by atoms with E-state index in [4.69, 9.17) is 10.5 Å². The Morgan fingerprint density at radius 3 is 2.54 bits per heavy atom. The molecular weight excluding hydrogens is 302 g/mol. The predicted molar refractivity (Wildman–Crippen MR) is 94.9 cm³/mol. The summed E-state index contributed by atoms with van der Waals surface area (Å²) in [6, 6.07) is 12.8. The summed E-state index contributed by atoms with van der Waals surface area (Å²) >= 11 is 0. The zero-order valence-corrected chi connectivity index (χ0v) is 14.4. The van der Waals surface area contributed by atoms with Gasteiger partial charge in [-0.05, 0) is 37.1 Å². The van der Waals surface area contributed by atoms with Crippen molar-refractivity contribution in [1.29, 1.82) is 5.26 Å². The summed E-state index contributed by atoms with van der Waals surface area (Å²) in [5, 5.41) is 9.18. The molecule has 0 spiro atoms. The van der Waals surface area contributed by atoms with E-state index in [1.807, 2.05) is 44.2 Å². The molecule has 0 aliphatic carbocycles. The molecular formula is C19H23N3O2. The molecule has 0 amide bonds. The highest BCUT2D eigenvalue weighted by molar-refractivity contribution is 5.62. The predicted octanol–water partition coefficient (Wildman–Crippen LogP) is 2.91. The maximum atomic E-state index is 12.7. The SMILES string of the molecule is CCC(N)(CC)Cn1c(-c2cccc(OC)c2)ccc(C#N)c1=O. The molecule has 0 saturated heterocycles. The van der Waals surface area contributed by atoms with Gasteiger partial charge in [-0.25, -0.2) is 0 Å². The standard InChI is InChI=1S/C19H23N3O2/c1-4-19(21,5-2)13-22-17(10-9-15(12-20)18(22)23)14-7-6-8-16(11-14)24-3/h6-11H,4-5,13,21H2,1-3H3. The summed E-state index contributed by atoms with van der Waals surface area (Å²) in [5.74, 6) is 0.709. The molecule has 0 saturated carbocycles. The molecule has 5 heteroatoms. The third-order valence-corrected chi connectivity index (χ3v) is 4.54. The van der Waals surface area contributed by atoms with E-state index >= 15 is 0 Å². The smallest absolute Gasteiger partial charge is 0.269 e. The van der Waals surface area contributed by atoms with Crippen molar-refractivity contribution < 1.29 is 4.74 Å². The van der Waals surface area contributed by atoms with Crippen LogP contribution >= 0.6 is 0 Å². The Labute approximate surface area is 142 Å². The summed E-state index contributed by atoms with van der Waals surface area (Å²) in [6.07, 6.45) is 1.48. The Morgan fingerprint density at radius 1 is 1.25 bits per heavy atom. The second-order valence-corrected chi connectivity index (χ2v) is 5.94. The molecule has 1 aromatic carbocycles. The van der Waals surface area contributed by atoms with E-state index in [1.165, 1.54) is 0 Å². The van der Waals surface area contributed by atoms with Crippen LogP contribution in [0.1, 0.15) is 32.3 Å². The first-order valence-electron chi connectivity index (χ1n) is 8.05. The van der Waals surface area contributed by atoms with Gasteiger partial charge in [0.15, 0.2) is 0 Å². The lowest BCUT2D eigenvalue weighted by molar-refractivity contribution is 0.336. The number of rotatable bonds is 6. The number of pyridine rings is 1. The summed E-state index contributed by atoms with van der Waals surface area (Å²) in [5.41, 5.74) is 7.32. The van der Waals surface area contributed by atoms with Crippen molar-refractivity contribution in [2.24, 2.45) is 5.73 Å². The minimum atomic E-state index is -0.495. The van der Waals surface area contributed by atoms with Crippen molar-refractivity contribution in [2.45, 2.75) is 38.8 Å². The minimum absolute atomic E-state index is 0.121. The fourth-order valence-corrected chi connectivity index (χ4v) is 2.64. The normalized spacial score (nSPS) is 11.1. The lowest BCUT2D eigenvalue weighted by Gasteiger charge is -2.29. The number of methoxy groups -OCH3 is 1. The van der Waals surface area contributed by atoms with Gasteiger partial charge in [-0.3, -0.25) is 4.79 Å². The number of aromatic nitrogens is 1. The molecule has 2 rings (SSSR count). The lowest BCUT2D eigenvalue weighted by Crippen LogP contribution is -2.45. The van der Waals surface area contributed by atoms with Crippen molar-refractivity contribution in [2.75, 3.05) is 7.11 Å². The van der Waals surface area contributed by atoms with Crippen molar-refractivity contribution in [3.63, 3.8) is 0 Å². The van der Waals surface area contributed by atoms with E-state index < -0.39 is 5.54 Å². The number of nitrogens with zero attached hydrogens (tertiary/aromatic N) is 2. The maximum Gasteiger partial charge on any atom is 0.269 e. The molecule has 0 aliphatic heterocycles. The first-order chi connectivity index (χ1) is 11.5. The van der Waals surface area contributed by atoms with Crippen LogP contribution in [0.3, 0.4) is 0 Å². The van der Waals surface area contributed by atoms with Gasteiger partial charge in [-0.15, -0.1) is 0 Å². The molecule has 1 heterocycles. The summed E-state index contributed by atoms with van der Waals surface area (Å²) in [6.45, 7) is 4.38.